The maximum Gasteiger partial charge on any atom is 0.412 e. The van der Waals surface area contributed by atoms with E-state index in [1.807, 2.05) is 54.4 Å². The summed E-state index contributed by atoms with van der Waals surface area (Å²) in [4.78, 5) is 35.7. The number of oxime groups is 1. The van der Waals surface area contributed by atoms with Crippen molar-refractivity contribution in [2.75, 3.05) is 33.5 Å². The maximum absolute atomic E-state index is 14.4. The fraction of sp³-hybridized carbons (Fsp3) is 0.612. The number of aliphatic hydroxyl groups is 2. The smallest absolute Gasteiger partial charge is 0.412 e. The highest BCUT2D eigenvalue weighted by atomic mass is 16.8. The lowest BCUT2D eigenvalue weighted by molar-refractivity contribution is -0.256. The van der Waals surface area contributed by atoms with Gasteiger partial charge in [-0.3, -0.25) is 4.79 Å². The third-order valence-corrected chi connectivity index (χ3v) is 13.7. The molecule has 0 spiro atoms. The molecule has 0 radical (unpaired) electrons. The normalized spacial score (nSPS) is 27.6. The Hall–Kier alpha value is -4.23. The minimum atomic E-state index is -1.34. The van der Waals surface area contributed by atoms with Crippen LogP contribution in [0.1, 0.15) is 120 Å². The second-order valence-corrected chi connectivity index (χ2v) is 17.6. The lowest BCUT2D eigenvalue weighted by Crippen LogP contribution is -2.69. The maximum atomic E-state index is 14.4. The van der Waals surface area contributed by atoms with Crippen LogP contribution in [-0.4, -0.2) is 84.4 Å². The van der Waals surface area contributed by atoms with Crippen LogP contribution in [0.3, 0.4) is 0 Å². The lowest BCUT2D eigenvalue weighted by atomic mass is 9.55. The summed E-state index contributed by atoms with van der Waals surface area (Å²) in [5.74, 6) is -0.321. The molecule has 332 valence electrons. The van der Waals surface area contributed by atoms with Gasteiger partial charge in [0.1, 0.15) is 17.5 Å². The molecule has 12 nitrogen and oxygen atoms in total. The van der Waals surface area contributed by atoms with Crippen LogP contribution in [0, 0.1) is 23.7 Å². The lowest BCUT2D eigenvalue weighted by Gasteiger charge is -2.59. The van der Waals surface area contributed by atoms with Crippen molar-refractivity contribution >= 4 is 17.7 Å². The van der Waals surface area contributed by atoms with E-state index < -0.39 is 30.1 Å². The molecular weight excluding hydrogens is 775 g/mol. The van der Waals surface area contributed by atoms with Crippen LogP contribution in [0.2, 0.25) is 0 Å². The van der Waals surface area contributed by atoms with Gasteiger partial charge in [-0.15, -0.1) is 6.58 Å². The number of likely N-dealkylation sites (N-methyl/N-ethyl adjacent to an activating group) is 1. The second kappa shape index (κ2) is 21.7. The summed E-state index contributed by atoms with van der Waals surface area (Å²) in [5, 5.41) is 27.6. The largest absolute Gasteiger partial charge is 0.459 e. The molecule has 1 unspecified atom stereocenters. The van der Waals surface area contributed by atoms with Gasteiger partial charge >= 0.3 is 6.09 Å². The Labute approximate surface area is 361 Å². The zero-order valence-electron chi connectivity index (χ0n) is 36.0. The molecule has 2 aliphatic heterocycles. The predicted molar refractivity (Wildman–Crippen MR) is 233 cm³/mol. The number of fused-ring (bicyclic) bond motifs is 2. The minimum absolute atomic E-state index is 0.0372. The number of rotatable bonds is 20. The molecule has 12 heteroatoms. The number of nitrogens with zero attached hydrogens (tertiary/aromatic N) is 2. The zero-order valence-corrected chi connectivity index (χ0v) is 36.0. The number of carbonyl (C=O) groups is 2. The van der Waals surface area contributed by atoms with Crippen LogP contribution in [0.15, 0.2) is 78.0 Å². The van der Waals surface area contributed by atoms with E-state index in [2.05, 4.69) is 18.0 Å². The summed E-state index contributed by atoms with van der Waals surface area (Å²) in [5.41, 5.74) is 3.54. The number of aliphatic hydroxyl groups excluding tert-OH is 2. The van der Waals surface area contributed by atoms with Gasteiger partial charge < -0.3 is 44.2 Å². The minimum Gasteiger partial charge on any atom is -0.459 e. The molecule has 2 amide bonds. The molecule has 61 heavy (non-hydrogen) atoms. The van der Waals surface area contributed by atoms with E-state index >= 15 is 0 Å². The fourth-order valence-electron chi connectivity index (χ4n) is 10.6. The van der Waals surface area contributed by atoms with Gasteiger partial charge in [0, 0.05) is 57.6 Å². The van der Waals surface area contributed by atoms with Gasteiger partial charge in [0.2, 0.25) is 18.0 Å². The van der Waals surface area contributed by atoms with Gasteiger partial charge in [-0.25, -0.2) is 4.79 Å². The van der Waals surface area contributed by atoms with Crippen molar-refractivity contribution in [2.24, 2.45) is 28.8 Å². The monoisotopic (exact) mass is 841 g/mol. The van der Waals surface area contributed by atoms with Crippen LogP contribution in [0.4, 0.5) is 4.79 Å². The molecule has 2 aromatic carbocycles. The molecule has 3 aliphatic carbocycles. The van der Waals surface area contributed by atoms with E-state index in [-0.39, 0.29) is 43.5 Å². The molecule has 5 aliphatic rings. The van der Waals surface area contributed by atoms with Gasteiger partial charge in [-0.05, 0) is 92.0 Å². The molecule has 7 rings (SSSR count). The Bertz CT molecular complexity index is 1820. The molecule has 3 fully saturated rings. The fourth-order valence-corrected chi connectivity index (χ4v) is 10.6. The van der Waals surface area contributed by atoms with Crippen LogP contribution in [-0.2, 0) is 25.7 Å². The van der Waals surface area contributed by atoms with Gasteiger partial charge in [0.05, 0.1) is 24.8 Å². The summed E-state index contributed by atoms with van der Waals surface area (Å²) >= 11 is 0. The Balaban J connectivity index is 1.33. The van der Waals surface area contributed by atoms with Crippen molar-refractivity contribution in [3.05, 3.63) is 84.0 Å². The topological polar surface area (TPSA) is 148 Å². The predicted octanol–water partition coefficient (Wildman–Crippen LogP) is 8.56. The first kappa shape index (κ1) is 44.8. The number of benzene rings is 2. The van der Waals surface area contributed by atoms with Gasteiger partial charge in [0.15, 0.2) is 0 Å². The van der Waals surface area contributed by atoms with Crippen LogP contribution in [0.25, 0.3) is 0 Å². The van der Waals surface area contributed by atoms with E-state index in [0.29, 0.717) is 56.3 Å². The average Bonchev–Trinajstić information content (AvgIpc) is 3.82. The van der Waals surface area contributed by atoms with Crippen molar-refractivity contribution in [1.29, 1.82) is 0 Å². The van der Waals surface area contributed by atoms with Gasteiger partial charge in [-0.2, -0.15) is 0 Å². The number of amides is 2. The quantitative estimate of drug-likeness (QED) is 0.0678. The molecule has 2 aromatic rings. The Morgan fingerprint density at radius 2 is 1.75 bits per heavy atom. The average molecular weight is 842 g/mol. The van der Waals surface area contributed by atoms with E-state index in [0.717, 1.165) is 73.8 Å². The highest BCUT2D eigenvalue weighted by Crippen LogP contribution is 2.62. The molecule has 2 saturated carbocycles. The molecule has 0 bridgehead atoms. The van der Waals surface area contributed by atoms with Crippen LogP contribution < -0.4 is 14.8 Å². The third-order valence-electron chi connectivity index (χ3n) is 13.7. The highest BCUT2D eigenvalue weighted by molar-refractivity contribution is 6.03. The Morgan fingerprint density at radius 3 is 2.49 bits per heavy atom. The summed E-state index contributed by atoms with van der Waals surface area (Å²) in [7, 11) is 1.87. The first-order chi connectivity index (χ1) is 29.8. The van der Waals surface area contributed by atoms with Crippen LogP contribution >= 0.6 is 0 Å². The Kier molecular flexibility index (Phi) is 16.0. The van der Waals surface area contributed by atoms with E-state index in [1.165, 1.54) is 25.7 Å². The number of hydrogen-bond acceptors (Lipinski definition) is 10. The van der Waals surface area contributed by atoms with Crippen molar-refractivity contribution in [3.8, 4) is 11.5 Å². The molecule has 1 saturated heterocycles. The van der Waals surface area contributed by atoms with E-state index in [1.54, 1.807) is 12.1 Å². The SMILES string of the molecule is C=CCO[C@@]12Oc3ccc(OC(=O)NCc4ccccc4)cc3[C@H]3[C@H](CCCCO)[C@@H](CCCCO)C=C(C(=NOC4CCCCO4)C[C@@H]1N(C)C(=O)CCC1CCCC1)[C@H]32. The van der Waals surface area contributed by atoms with Crippen LogP contribution in [0.5, 0.6) is 11.5 Å². The number of hydrogen-bond donors (Lipinski definition) is 3. The number of ether oxygens (including phenoxy) is 4. The summed E-state index contributed by atoms with van der Waals surface area (Å²) in [6.45, 7) is 5.35. The Morgan fingerprint density at radius 1 is 0.984 bits per heavy atom. The van der Waals surface area contributed by atoms with Crippen molar-refractivity contribution in [1.82, 2.24) is 10.2 Å². The molecule has 7 atom stereocenters. The van der Waals surface area contributed by atoms with E-state index in [9.17, 15) is 19.8 Å². The van der Waals surface area contributed by atoms with Crippen molar-refractivity contribution in [2.45, 2.75) is 133 Å². The number of nitrogens with one attached hydrogen (secondary N) is 1. The first-order valence-electron chi connectivity index (χ1n) is 23.0. The highest BCUT2D eigenvalue weighted by Gasteiger charge is 2.65. The van der Waals surface area contributed by atoms with Gasteiger partial charge in [-0.1, -0.05) is 86.2 Å². The van der Waals surface area contributed by atoms with Crippen molar-refractivity contribution in [3.63, 3.8) is 0 Å². The first-order valence-corrected chi connectivity index (χ1v) is 23.0. The molecule has 3 N–H and O–H groups in total. The zero-order chi connectivity index (χ0) is 42.6. The summed E-state index contributed by atoms with van der Waals surface area (Å²) < 4.78 is 26.2. The van der Waals surface area contributed by atoms with E-state index in [4.69, 9.17) is 28.9 Å². The number of unbranched alkanes of at least 4 members (excludes halogenated alkanes) is 2. The molecule has 0 aromatic heterocycles. The number of carbonyl (C=O) groups excluding carboxylic acids is 2. The standard InChI is InChI=1S/C49H67N3O9/c1-3-28-58-49-43(52(2)44(55)25-22-34-15-7-8-16-34)32-41(51-61-45-21-11-14-29-57-45)39-30-36(19-9-12-26-53)38(20-10-13-27-54)46(47(39)49)40-31-37(23-24-42(40)60-49)59-48(56)50-33-35-17-5-4-6-18-35/h3-6,17-18,23-24,30-31,34,36,38,43,45-47,53-54H,1,7-16,19-22,25-29,32-33H2,2H3,(H,50,56)/t36-,38+,43-,45?,46+,47+,49+/m0/s1. The van der Waals surface area contributed by atoms with Gasteiger partial charge in [0.25, 0.3) is 0 Å². The summed E-state index contributed by atoms with van der Waals surface area (Å²) in [6.07, 6.45) is 16.7. The third kappa shape index (κ3) is 10.7. The number of allylic oxidation sites excluding steroid dienone is 1. The summed E-state index contributed by atoms with van der Waals surface area (Å²) in [6, 6.07) is 14.6. The molecule has 2 heterocycles. The second-order valence-electron chi connectivity index (χ2n) is 17.6. The molecular formula is C49H67N3O9. The van der Waals surface area contributed by atoms with Crippen molar-refractivity contribution < 1.29 is 43.6 Å².